The van der Waals surface area contributed by atoms with Gasteiger partial charge in [0.15, 0.2) is 11.5 Å². The molecule has 0 unspecified atom stereocenters. The van der Waals surface area contributed by atoms with Crippen molar-refractivity contribution < 1.29 is 36.3 Å². The van der Waals surface area contributed by atoms with Crippen molar-refractivity contribution in [2.24, 2.45) is 0 Å². The van der Waals surface area contributed by atoms with Crippen LogP contribution in [0.5, 0.6) is 11.5 Å². The number of carbonyl (C=O) groups excluding carboxylic acids is 2. The predicted molar refractivity (Wildman–Crippen MR) is 148 cm³/mol. The number of anilines is 1. The number of ether oxygens (including phenoxy) is 2. The number of hydrogen-bond donors (Lipinski definition) is 1. The topological polar surface area (TPSA) is 105 Å². The number of carbonyl (C=O) groups is 2. The van der Waals surface area contributed by atoms with Crippen LogP contribution >= 0.6 is 0 Å². The fraction of sp³-hybridized carbons (Fsp3) is 0.310. The second kappa shape index (κ2) is 13.0. The monoisotopic (exact) mass is 587 g/mol. The normalized spacial score (nSPS) is 13.3. The molecule has 1 heterocycles. The summed E-state index contributed by atoms with van der Waals surface area (Å²) >= 11 is 0. The molecule has 0 bridgehead atoms. The summed E-state index contributed by atoms with van der Waals surface area (Å²) in [6, 6.07) is 13.2. The van der Waals surface area contributed by atoms with Crippen molar-refractivity contribution >= 4 is 27.5 Å². The molecule has 1 atom stereocenters. The highest BCUT2D eigenvalue weighted by Crippen LogP contribution is 2.34. The molecule has 0 spiro atoms. The van der Waals surface area contributed by atoms with Gasteiger partial charge in [-0.2, -0.15) is 0 Å². The first-order chi connectivity index (χ1) is 19.6. The molecule has 1 aliphatic rings. The second-order valence-corrected chi connectivity index (χ2v) is 11.3. The van der Waals surface area contributed by atoms with Gasteiger partial charge in [-0.3, -0.25) is 13.9 Å². The van der Waals surface area contributed by atoms with E-state index in [1.807, 2.05) is 6.92 Å². The predicted octanol–water partition coefficient (Wildman–Crippen LogP) is 3.87. The molecule has 0 radical (unpaired) electrons. The van der Waals surface area contributed by atoms with E-state index >= 15 is 0 Å². The zero-order valence-electron chi connectivity index (χ0n) is 22.7. The third-order valence-corrected chi connectivity index (χ3v) is 8.25. The van der Waals surface area contributed by atoms with Crippen LogP contribution in [0.3, 0.4) is 0 Å². The van der Waals surface area contributed by atoms with E-state index in [-0.39, 0.29) is 29.5 Å². The van der Waals surface area contributed by atoms with Crippen molar-refractivity contribution in [1.82, 2.24) is 10.2 Å². The van der Waals surface area contributed by atoms with Crippen LogP contribution in [0.25, 0.3) is 0 Å². The number of sulfonamides is 1. The van der Waals surface area contributed by atoms with Gasteiger partial charge in [0.1, 0.15) is 37.4 Å². The summed E-state index contributed by atoms with van der Waals surface area (Å²) < 4.78 is 67.1. The van der Waals surface area contributed by atoms with Crippen LogP contribution in [0.1, 0.15) is 25.8 Å². The fourth-order valence-corrected chi connectivity index (χ4v) is 5.64. The number of nitrogens with one attached hydrogen (secondary N) is 1. The molecule has 0 aliphatic carbocycles. The Morgan fingerprint density at radius 3 is 2.17 bits per heavy atom. The lowest BCUT2D eigenvalue weighted by Crippen LogP contribution is -2.51. The molecule has 9 nitrogen and oxygen atoms in total. The summed E-state index contributed by atoms with van der Waals surface area (Å²) in [7, 11) is -4.39. The molecule has 0 saturated heterocycles. The zero-order valence-corrected chi connectivity index (χ0v) is 23.5. The highest BCUT2D eigenvalue weighted by Gasteiger charge is 2.33. The Morgan fingerprint density at radius 2 is 1.54 bits per heavy atom. The van der Waals surface area contributed by atoms with Crippen LogP contribution < -0.4 is 19.1 Å². The quantitative estimate of drug-likeness (QED) is 0.365. The van der Waals surface area contributed by atoms with Crippen LogP contribution in [-0.2, 0) is 26.2 Å². The minimum Gasteiger partial charge on any atom is -0.486 e. The molecule has 1 N–H and O–H groups in total. The lowest BCUT2D eigenvalue weighted by atomic mass is 10.1. The lowest BCUT2D eigenvalue weighted by molar-refractivity contribution is -0.139. The van der Waals surface area contributed by atoms with Gasteiger partial charge in [0, 0.05) is 19.2 Å². The van der Waals surface area contributed by atoms with E-state index in [0.717, 1.165) is 16.4 Å². The molecule has 1 aliphatic heterocycles. The van der Waals surface area contributed by atoms with Gasteiger partial charge in [0.25, 0.3) is 10.0 Å². The van der Waals surface area contributed by atoms with Crippen molar-refractivity contribution in [2.45, 2.75) is 37.8 Å². The smallest absolute Gasteiger partial charge is 0.264 e. The van der Waals surface area contributed by atoms with Crippen molar-refractivity contribution in [3.05, 3.63) is 83.9 Å². The molecular weight excluding hydrogens is 556 g/mol. The van der Waals surface area contributed by atoms with E-state index in [0.29, 0.717) is 30.9 Å². The Hall–Kier alpha value is -4.19. The number of amides is 2. The van der Waals surface area contributed by atoms with Crippen molar-refractivity contribution in [3.63, 3.8) is 0 Å². The van der Waals surface area contributed by atoms with E-state index in [9.17, 15) is 26.8 Å². The van der Waals surface area contributed by atoms with Gasteiger partial charge in [0.2, 0.25) is 11.8 Å². The fourth-order valence-electron chi connectivity index (χ4n) is 4.21. The van der Waals surface area contributed by atoms with Crippen molar-refractivity contribution in [3.8, 4) is 11.5 Å². The summed E-state index contributed by atoms with van der Waals surface area (Å²) in [5.74, 6) is -1.55. The minimum atomic E-state index is -4.39. The van der Waals surface area contributed by atoms with Gasteiger partial charge in [-0.1, -0.05) is 19.1 Å². The van der Waals surface area contributed by atoms with E-state index in [4.69, 9.17) is 9.47 Å². The van der Waals surface area contributed by atoms with Crippen LogP contribution in [0.2, 0.25) is 0 Å². The molecule has 0 saturated carbocycles. The molecule has 0 fully saturated rings. The van der Waals surface area contributed by atoms with Gasteiger partial charge in [-0.25, -0.2) is 17.2 Å². The van der Waals surface area contributed by atoms with E-state index in [2.05, 4.69) is 5.32 Å². The maximum atomic E-state index is 13.9. The van der Waals surface area contributed by atoms with Crippen LogP contribution in [0, 0.1) is 11.6 Å². The third-order valence-electron chi connectivity index (χ3n) is 6.48. The van der Waals surface area contributed by atoms with Crippen LogP contribution in [0.4, 0.5) is 14.5 Å². The molecule has 12 heteroatoms. The second-order valence-electron chi connectivity index (χ2n) is 9.41. The number of halogens is 2. The number of fused-ring (bicyclic) bond motifs is 1. The summed E-state index contributed by atoms with van der Waals surface area (Å²) in [5, 5.41) is 2.75. The zero-order chi connectivity index (χ0) is 29.6. The first-order valence-corrected chi connectivity index (χ1v) is 14.5. The Morgan fingerprint density at radius 1 is 0.927 bits per heavy atom. The van der Waals surface area contributed by atoms with Gasteiger partial charge in [0.05, 0.1) is 10.6 Å². The lowest BCUT2D eigenvalue weighted by Gasteiger charge is -2.32. The molecule has 2 amide bonds. The summed E-state index contributed by atoms with van der Waals surface area (Å²) in [5.41, 5.74) is 0.581. The standard InChI is InChI=1S/C29H31F2N3O6S/c1-3-14-32-29(36)20(2)33(18-21-4-6-22(30)7-5-21)28(35)19-34(24-10-8-23(31)9-11-24)41(37,38)25-12-13-26-27(17-25)40-16-15-39-26/h4-13,17,20H,3,14-16,18-19H2,1-2H3,(H,32,36)/t20-/m0/s1. The third kappa shape index (κ3) is 7.12. The van der Waals surface area contributed by atoms with Crippen LogP contribution in [0.15, 0.2) is 71.6 Å². The summed E-state index contributed by atoms with van der Waals surface area (Å²) in [6.07, 6.45) is 0.677. The summed E-state index contributed by atoms with van der Waals surface area (Å²) in [4.78, 5) is 27.8. The number of hydrogen-bond acceptors (Lipinski definition) is 6. The number of rotatable bonds is 11. The minimum absolute atomic E-state index is 0.0412. The highest BCUT2D eigenvalue weighted by atomic mass is 32.2. The number of benzene rings is 3. The van der Waals surface area contributed by atoms with E-state index in [1.165, 1.54) is 66.4 Å². The van der Waals surface area contributed by atoms with Gasteiger partial charge < -0.3 is 19.7 Å². The average molecular weight is 588 g/mol. The Labute approximate surface area is 237 Å². The molecule has 3 aromatic carbocycles. The van der Waals surface area contributed by atoms with Crippen molar-refractivity contribution in [2.75, 3.05) is 30.6 Å². The molecular formula is C29H31F2N3O6S. The van der Waals surface area contributed by atoms with Crippen molar-refractivity contribution in [1.29, 1.82) is 0 Å². The van der Waals surface area contributed by atoms with E-state index in [1.54, 1.807) is 0 Å². The Balaban J connectivity index is 1.71. The van der Waals surface area contributed by atoms with Gasteiger partial charge in [-0.05, 0) is 67.4 Å². The molecule has 218 valence electrons. The Bertz CT molecular complexity index is 1480. The Kier molecular flexibility index (Phi) is 9.43. The largest absolute Gasteiger partial charge is 0.486 e. The van der Waals surface area contributed by atoms with Crippen LogP contribution in [-0.4, -0.2) is 57.5 Å². The first kappa shape index (κ1) is 29.8. The maximum absolute atomic E-state index is 13.9. The molecule has 4 rings (SSSR count). The van der Waals surface area contributed by atoms with Gasteiger partial charge in [-0.15, -0.1) is 0 Å². The molecule has 3 aromatic rings. The SMILES string of the molecule is CCCNC(=O)[C@H](C)N(Cc1ccc(F)cc1)C(=O)CN(c1ccc(F)cc1)S(=O)(=O)c1ccc2c(c1)OCCO2. The van der Waals surface area contributed by atoms with E-state index < -0.39 is 46.1 Å². The summed E-state index contributed by atoms with van der Waals surface area (Å²) in [6.45, 7) is 3.59. The van der Waals surface area contributed by atoms with Gasteiger partial charge >= 0.3 is 0 Å². The first-order valence-electron chi connectivity index (χ1n) is 13.1. The average Bonchev–Trinajstić information content (AvgIpc) is 2.98. The highest BCUT2D eigenvalue weighted by molar-refractivity contribution is 7.92. The molecule has 41 heavy (non-hydrogen) atoms. The maximum Gasteiger partial charge on any atom is 0.264 e. The molecule has 0 aromatic heterocycles. The number of nitrogens with zero attached hydrogens (tertiary/aromatic N) is 2.